The summed E-state index contributed by atoms with van der Waals surface area (Å²) in [4.78, 5) is 14.8. The van der Waals surface area contributed by atoms with E-state index in [2.05, 4.69) is 10.1 Å². The summed E-state index contributed by atoms with van der Waals surface area (Å²) in [6.07, 6.45) is 0. The fraction of sp³-hybridized carbons (Fsp3) is 0.125. The summed E-state index contributed by atoms with van der Waals surface area (Å²) in [5, 5.41) is 13.3. The molecule has 0 amide bonds. The van der Waals surface area contributed by atoms with Crippen LogP contribution in [0.4, 0.5) is 0 Å². The van der Waals surface area contributed by atoms with E-state index in [0.717, 1.165) is 0 Å². The van der Waals surface area contributed by atoms with Gasteiger partial charge in [0, 0.05) is 6.07 Å². The molecule has 7 heteroatoms. The number of carboxylic acid groups (broad SMARTS) is 1. The molecule has 15 heavy (non-hydrogen) atoms. The van der Waals surface area contributed by atoms with Crippen molar-refractivity contribution >= 4 is 34.8 Å². The van der Waals surface area contributed by atoms with Crippen molar-refractivity contribution in [3.05, 3.63) is 27.6 Å². The summed E-state index contributed by atoms with van der Waals surface area (Å²) in [5.41, 5.74) is 0.510. The lowest BCUT2D eigenvalue weighted by Gasteiger charge is -1.97. The van der Waals surface area contributed by atoms with Gasteiger partial charge in [0.15, 0.2) is 5.65 Å². The van der Waals surface area contributed by atoms with Crippen LogP contribution in [-0.4, -0.2) is 25.7 Å². The Kier molecular flexibility index (Phi) is 2.28. The molecule has 0 aromatic carbocycles. The highest BCUT2D eigenvalue weighted by atomic mass is 35.5. The number of hydrogen-bond acceptors (Lipinski definition) is 3. The monoisotopic (exact) mass is 245 g/mol. The molecule has 2 aromatic rings. The lowest BCUT2D eigenvalue weighted by atomic mass is 10.2. The van der Waals surface area contributed by atoms with Crippen LogP contribution in [0.5, 0.6) is 0 Å². The van der Waals surface area contributed by atoms with E-state index in [-0.39, 0.29) is 21.5 Å². The maximum atomic E-state index is 10.9. The molecule has 0 fully saturated rings. The van der Waals surface area contributed by atoms with Crippen molar-refractivity contribution in [2.75, 3.05) is 0 Å². The Morgan fingerprint density at radius 3 is 2.80 bits per heavy atom. The van der Waals surface area contributed by atoms with Crippen LogP contribution in [0.1, 0.15) is 16.1 Å². The second-order valence-corrected chi connectivity index (χ2v) is 3.68. The average Bonchev–Trinajstić information content (AvgIpc) is 2.41. The van der Waals surface area contributed by atoms with E-state index in [0.29, 0.717) is 5.69 Å². The van der Waals surface area contributed by atoms with Gasteiger partial charge in [-0.1, -0.05) is 23.2 Å². The van der Waals surface area contributed by atoms with Crippen LogP contribution in [-0.2, 0) is 0 Å². The first kappa shape index (κ1) is 10.2. The Labute approximate surface area is 94.2 Å². The number of halogens is 2. The number of aromatic carboxylic acids is 1. The highest BCUT2D eigenvalue weighted by molar-refractivity contribution is 6.33. The van der Waals surface area contributed by atoms with Gasteiger partial charge < -0.3 is 5.11 Å². The molecule has 0 atom stereocenters. The largest absolute Gasteiger partial charge is 0.477 e. The molecule has 2 rings (SSSR count). The first-order valence-electron chi connectivity index (χ1n) is 3.95. The van der Waals surface area contributed by atoms with Gasteiger partial charge >= 0.3 is 5.97 Å². The van der Waals surface area contributed by atoms with Gasteiger partial charge in [-0.05, 0) is 6.92 Å². The predicted octanol–water partition coefficient (Wildman–Crippen LogP) is 2.04. The summed E-state index contributed by atoms with van der Waals surface area (Å²) in [6, 6.07) is 1.40. The molecule has 0 aliphatic carbocycles. The van der Waals surface area contributed by atoms with E-state index < -0.39 is 5.97 Å². The molecular weight excluding hydrogens is 241 g/mol. The highest BCUT2D eigenvalue weighted by Gasteiger charge is 2.19. The molecule has 78 valence electrons. The zero-order chi connectivity index (χ0) is 11.2. The van der Waals surface area contributed by atoms with Crippen molar-refractivity contribution in [3.8, 4) is 0 Å². The smallest absolute Gasteiger partial charge is 0.341 e. The van der Waals surface area contributed by atoms with Gasteiger partial charge in [0.1, 0.15) is 15.9 Å². The van der Waals surface area contributed by atoms with Crippen molar-refractivity contribution in [2.24, 2.45) is 0 Å². The van der Waals surface area contributed by atoms with Gasteiger partial charge in [-0.25, -0.2) is 14.3 Å². The topological polar surface area (TPSA) is 67.5 Å². The Hall–Kier alpha value is -1.33. The maximum Gasteiger partial charge on any atom is 0.341 e. The number of fused-ring (bicyclic) bond motifs is 1. The number of aromatic nitrogens is 3. The average molecular weight is 246 g/mol. The lowest BCUT2D eigenvalue weighted by Crippen LogP contribution is -1.99. The molecule has 0 saturated carbocycles. The molecule has 2 aromatic heterocycles. The standard InChI is InChI=1S/C8H5Cl2N3O2/c1-3-6(8(14)15)7-11-4(9)2-5(10)13(7)12-3/h2H,1H3,(H,14,15). The highest BCUT2D eigenvalue weighted by Crippen LogP contribution is 2.21. The summed E-state index contributed by atoms with van der Waals surface area (Å²) in [7, 11) is 0. The SMILES string of the molecule is Cc1nn2c(Cl)cc(Cl)nc2c1C(=O)O. The van der Waals surface area contributed by atoms with Crippen molar-refractivity contribution < 1.29 is 9.90 Å². The molecule has 0 spiro atoms. The predicted molar refractivity (Wildman–Crippen MR) is 54.7 cm³/mol. The lowest BCUT2D eigenvalue weighted by molar-refractivity contribution is 0.0698. The summed E-state index contributed by atoms with van der Waals surface area (Å²) in [5.74, 6) is -1.10. The number of aryl methyl sites for hydroxylation is 1. The fourth-order valence-electron chi connectivity index (χ4n) is 1.31. The number of carbonyl (C=O) groups is 1. The van der Waals surface area contributed by atoms with Crippen LogP contribution in [0.3, 0.4) is 0 Å². The molecule has 0 bridgehead atoms. The summed E-state index contributed by atoms with van der Waals surface area (Å²) >= 11 is 11.5. The maximum absolute atomic E-state index is 10.9. The third-order valence-electron chi connectivity index (χ3n) is 1.90. The summed E-state index contributed by atoms with van der Waals surface area (Å²) in [6.45, 7) is 1.57. The second-order valence-electron chi connectivity index (χ2n) is 2.90. The molecule has 2 heterocycles. The van der Waals surface area contributed by atoms with E-state index in [1.807, 2.05) is 0 Å². The van der Waals surface area contributed by atoms with Gasteiger partial charge in [0.05, 0.1) is 5.69 Å². The molecule has 0 aliphatic heterocycles. The van der Waals surface area contributed by atoms with Crippen molar-refractivity contribution in [2.45, 2.75) is 6.92 Å². The first-order valence-corrected chi connectivity index (χ1v) is 4.71. The van der Waals surface area contributed by atoms with E-state index in [4.69, 9.17) is 28.3 Å². The number of nitrogens with zero attached hydrogens (tertiary/aromatic N) is 3. The van der Waals surface area contributed by atoms with Crippen molar-refractivity contribution in [1.82, 2.24) is 14.6 Å². The minimum absolute atomic E-state index is 0.0133. The van der Waals surface area contributed by atoms with E-state index >= 15 is 0 Å². The molecule has 0 saturated heterocycles. The van der Waals surface area contributed by atoms with E-state index in [1.54, 1.807) is 6.92 Å². The van der Waals surface area contributed by atoms with Gasteiger partial charge in [-0.3, -0.25) is 0 Å². The van der Waals surface area contributed by atoms with Crippen LogP contribution in [0, 0.1) is 6.92 Å². The second kappa shape index (κ2) is 3.36. The fourth-order valence-corrected chi connectivity index (χ4v) is 1.77. The molecule has 0 radical (unpaired) electrons. The first-order chi connectivity index (χ1) is 7.00. The minimum Gasteiger partial charge on any atom is -0.477 e. The van der Waals surface area contributed by atoms with E-state index in [1.165, 1.54) is 10.6 Å². The third-order valence-corrected chi connectivity index (χ3v) is 2.37. The van der Waals surface area contributed by atoms with Crippen LogP contribution < -0.4 is 0 Å². The Morgan fingerprint density at radius 2 is 2.20 bits per heavy atom. The Morgan fingerprint density at radius 1 is 1.53 bits per heavy atom. The number of carboxylic acids is 1. The third kappa shape index (κ3) is 1.53. The molecule has 1 N–H and O–H groups in total. The Bertz CT molecular complexity index is 565. The van der Waals surface area contributed by atoms with Crippen LogP contribution in [0.15, 0.2) is 6.07 Å². The molecule has 5 nitrogen and oxygen atoms in total. The van der Waals surface area contributed by atoms with Gasteiger partial charge in [-0.2, -0.15) is 5.10 Å². The normalized spacial score (nSPS) is 10.9. The number of rotatable bonds is 1. The van der Waals surface area contributed by atoms with Crippen LogP contribution in [0.25, 0.3) is 5.65 Å². The molecular formula is C8H5Cl2N3O2. The van der Waals surface area contributed by atoms with Gasteiger partial charge in [0.2, 0.25) is 0 Å². The zero-order valence-electron chi connectivity index (χ0n) is 7.53. The zero-order valence-corrected chi connectivity index (χ0v) is 9.04. The molecule has 0 aliphatic rings. The summed E-state index contributed by atoms with van der Waals surface area (Å²) < 4.78 is 1.24. The number of hydrogen-bond donors (Lipinski definition) is 1. The van der Waals surface area contributed by atoms with Crippen LogP contribution >= 0.6 is 23.2 Å². The minimum atomic E-state index is -1.10. The van der Waals surface area contributed by atoms with E-state index in [9.17, 15) is 4.79 Å². The quantitative estimate of drug-likeness (QED) is 0.782. The van der Waals surface area contributed by atoms with Gasteiger partial charge in [0.25, 0.3) is 0 Å². The van der Waals surface area contributed by atoms with Gasteiger partial charge in [-0.15, -0.1) is 0 Å². The Balaban J connectivity index is 2.93. The van der Waals surface area contributed by atoms with Crippen molar-refractivity contribution in [1.29, 1.82) is 0 Å². The molecule has 0 unspecified atom stereocenters. The van der Waals surface area contributed by atoms with Crippen LogP contribution in [0.2, 0.25) is 10.3 Å². The van der Waals surface area contributed by atoms with Crippen molar-refractivity contribution in [3.63, 3.8) is 0 Å².